The van der Waals surface area contributed by atoms with Crippen molar-refractivity contribution in [2.24, 2.45) is 0 Å². The van der Waals surface area contributed by atoms with E-state index in [4.69, 9.17) is 4.74 Å². The summed E-state index contributed by atoms with van der Waals surface area (Å²) in [6.45, 7) is 7.15. The van der Waals surface area contributed by atoms with Crippen LogP contribution in [0.3, 0.4) is 0 Å². The third kappa shape index (κ3) is 3.49. The van der Waals surface area contributed by atoms with Crippen LogP contribution in [0.2, 0.25) is 0 Å². The molecule has 1 aliphatic rings. The number of pyridine rings is 1. The minimum atomic E-state index is -1.10. The van der Waals surface area contributed by atoms with Crippen LogP contribution in [0.15, 0.2) is 46.2 Å². The van der Waals surface area contributed by atoms with E-state index in [0.29, 0.717) is 24.4 Å². The molecule has 28 heavy (non-hydrogen) atoms. The number of nitrogens with zero attached hydrogens (tertiary/aromatic N) is 2. The van der Waals surface area contributed by atoms with Gasteiger partial charge in [-0.25, -0.2) is 0 Å². The summed E-state index contributed by atoms with van der Waals surface area (Å²) >= 11 is 0. The maximum Gasteiger partial charge on any atom is 0.261 e. The highest BCUT2D eigenvalue weighted by atomic mass is 32.2. The van der Waals surface area contributed by atoms with E-state index >= 15 is 0 Å². The number of nitrogens with one attached hydrogen (secondary N) is 2. The highest BCUT2D eigenvalue weighted by molar-refractivity contribution is 7.86. The number of benzene rings is 1. The van der Waals surface area contributed by atoms with Gasteiger partial charge in [-0.2, -0.15) is 5.10 Å². The van der Waals surface area contributed by atoms with E-state index in [9.17, 15) is 9.00 Å². The Morgan fingerprint density at radius 2 is 2.00 bits per heavy atom. The van der Waals surface area contributed by atoms with Gasteiger partial charge in [-0.1, -0.05) is 0 Å². The van der Waals surface area contributed by atoms with Crippen LogP contribution in [-0.4, -0.2) is 36.9 Å². The Bertz CT molecular complexity index is 1070. The van der Waals surface area contributed by atoms with Crippen LogP contribution >= 0.6 is 0 Å². The predicted molar refractivity (Wildman–Crippen MR) is 111 cm³/mol. The zero-order chi connectivity index (χ0) is 19.9. The molecule has 2 N–H and O–H groups in total. The van der Waals surface area contributed by atoms with Gasteiger partial charge in [0.2, 0.25) is 0 Å². The van der Waals surface area contributed by atoms with Gasteiger partial charge in [0.1, 0.15) is 5.39 Å². The SMILES string of the molecule is CC(C)(C)S(=O)c1ccc(Nc2nn(C3CCOC3)c3cc[nH]c(=O)c23)cc1. The fourth-order valence-electron chi connectivity index (χ4n) is 3.33. The molecule has 2 aromatic heterocycles. The van der Waals surface area contributed by atoms with Gasteiger partial charge in [0.25, 0.3) is 5.56 Å². The Hall–Kier alpha value is -2.45. The Balaban J connectivity index is 1.68. The van der Waals surface area contributed by atoms with Gasteiger partial charge in [0.15, 0.2) is 5.82 Å². The van der Waals surface area contributed by atoms with Gasteiger partial charge in [-0.05, 0) is 57.5 Å². The Morgan fingerprint density at radius 1 is 1.25 bits per heavy atom. The molecular formula is C20H24N4O3S. The molecule has 0 bridgehead atoms. The third-order valence-electron chi connectivity index (χ3n) is 4.77. The monoisotopic (exact) mass is 400 g/mol. The first kappa shape index (κ1) is 18.9. The van der Waals surface area contributed by atoms with Crippen molar-refractivity contribution in [3.8, 4) is 0 Å². The van der Waals surface area contributed by atoms with Crippen molar-refractivity contribution in [2.75, 3.05) is 18.5 Å². The highest BCUT2D eigenvalue weighted by Gasteiger charge is 2.24. The molecule has 0 radical (unpaired) electrons. The summed E-state index contributed by atoms with van der Waals surface area (Å²) in [6.07, 6.45) is 2.51. The average Bonchev–Trinajstić information content (AvgIpc) is 3.30. The number of aromatic amines is 1. The first-order chi connectivity index (χ1) is 13.3. The molecule has 2 unspecified atom stereocenters. The summed E-state index contributed by atoms with van der Waals surface area (Å²) in [4.78, 5) is 15.9. The van der Waals surface area contributed by atoms with Gasteiger partial charge < -0.3 is 15.0 Å². The zero-order valence-electron chi connectivity index (χ0n) is 16.2. The van der Waals surface area contributed by atoms with Gasteiger partial charge >= 0.3 is 0 Å². The predicted octanol–water partition coefficient (Wildman–Crippen LogP) is 3.34. The van der Waals surface area contributed by atoms with E-state index in [1.165, 1.54) is 0 Å². The normalized spacial score (nSPS) is 18.5. The quantitative estimate of drug-likeness (QED) is 0.701. The molecule has 1 aromatic carbocycles. The van der Waals surface area contributed by atoms with Crippen molar-refractivity contribution in [3.63, 3.8) is 0 Å². The summed E-state index contributed by atoms with van der Waals surface area (Å²) in [6, 6.07) is 9.40. The summed E-state index contributed by atoms with van der Waals surface area (Å²) in [5.74, 6) is 0.508. The number of anilines is 2. The molecule has 4 rings (SSSR count). The Labute approximate surface area is 165 Å². The smallest absolute Gasteiger partial charge is 0.261 e. The average molecular weight is 401 g/mol. The lowest BCUT2D eigenvalue weighted by Crippen LogP contribution is -2.21. The number of hydrogen-bond donors (Lipinski definition) is 2. The van der Waals surface area contributed by atoms with Crippen LogP contribution in [0.4, 0.5) is 11.5 Å². The fourth-order valence-corrected chi connectivity index (χ4v) is 4.42. The third-order valence-corrected chi connectivity index (χ3v) is 6.58. The molecule has 1 aliphatic heterocycles. The lowest BCUT2D eigenvalue weighted by atomic mass is 10.2. The standard InChI is InChI=1S/C20H24N4O3S/c1-20(2,3)28(26)15-6-4-13(5-7-15)22-18-17-16(8-10-21-19(17)25)24(23-18)14-9-11-27-12-14/h4-8,10,14H,9,11-12H2,1-3H3,(H,21,25)(H,22,23). The fraction of sp³-hybridized carbons (Fsp3) is 0.400. The number of fused-ring (bicyclic) bond motifs is 1. The van der Waals surface area contributed by atoms with Crippen LogP contribution in [0.25, 0.3) is 10.9 Å². The van der Waals surface area contributed by atoms with Crippen molar-refractivity contribution < 1.29 is 8.95 Å². The van der Waals surface area contributed by atoms with E-state index < -0.39 is 10.8 Å². The van der Waals surface area contributed by atoms with Gasteiger partial charge in [0.05, 0.1) is 29.0 Å². The van der Waals surface area contributed by atoms with Gasteiger partial charge in [-0.15, -0.1) is 0 Å². The van der Waals surface area contributed by atoms with E-state index in [2.05, 4.69) is 15.4 Å². The van der Waals surface area contributed by atoms with Crippen LogP contribution in [0.1, 0.15) is 33.2 Å². The Morgan fingerprint density at radius 3 is 2.64 bits per heavy atom. The summed E-state index contributed by atoms with van der Waals surface area (Å²) in [7, 11) is -1.10. The zero-order valence-corrected chi connectivity index (χ0v) is 17.0. The minimum Gasteiger partial charge on any atom is -0.379 e. The molecule has 0 amide bonds. The van der Waals surface area contributed by atoms with Crippen LogP contribution in [0, 0.1) is 0 Å². The van der Waals surface area contributed by atoms with Crippen LogP contribution < -0.4 is 10.9 Å². The van der Waals surface area contributed by atoms with E-state index in [0.717, 1.165) is 22.5 Å². The maximum absolute atomic E-state index is 12.5. The molecule has 0 aliphatic carbocycles. The number of H-pyrrole nitrogens is 1. The molecule has 1 fully saturated rings. The van der Waals surface area contributed by atoms with Crippen molar-refractivity contribution in [2.45, 2.75) is 42.9 Å². The van der Waals surface area contributed by atoms with Crippen molar-refractivity contribution >= 4 is 33.2 Å². The first-order valence-electron chi connectivity index (χ1n) is 9.31. The van der Waals surface area contributed by atoms with E-state index in [-0.39, 0.29) is 16.3 Å². The molecular weight excluding hydrogens is 376 g/mol. The lowest BCUT2D eigenvalue weighted by Gasteiger charge is -2.17. The van der Waals surface area contributed by atoms with Gasteiger partial charge in [-0.3, -0.25) is 13.7 Å². The molecule has 148 valence electrons. The topological polar surface area (TPSA) is 89.0 Å². The molecule has 1 saturated heterocycles. The van der Waals surface area contributed by atoms with Crippen LogP contribution in [-0.2, 0) is 15.5 Å². The van der Waals surface area contributed by atoms with Crippen molar-refractivity contribution in [3.05, 3.63) is 46.9 Å². The maximum atomic E-state index is 12.5. The second kappa shape index (κ2) is 7.18. The molecule has 0 saturated carbocycles. The van der Waals surface area contributed by atoms with Crippen molar-refractivity contribution in [1.29, 1.82) is 0 Å². The summed E-state index contributed by atoms with van der Waals surface area (Å²) in [5, 5.41) is 8.44. The highest BCUT2D eigenvalue weighted by Crippen LogP contribution is 2.29. The van der Waals surface area contributed by atoms with E-state index in [1.54, 1.807) is 6.20 Å². The number of aromatic nitrogens is 3. The van der Waals surface area contributed by atoms with Gasteiger partial charge in [0, 0.05) is 28.1 Å². The minimum absolute atomic E-state index is 0.122. The first-order valence-corrected chi connectivity index (χ1v) is 10.5. The lowest BCUT2D eigenvalue weighted by molar-refractivity contribution is 0.185. The molecule has 2 atom stereocenters. The van der Waals surface area contributed by atoms with Crippen molar-refractivity contribution in [1.82, 2.24) is 14.8 Å². The second-order valence-electron chi connectivity index (χ2n) is 7.91. The largest absolute Gasteiger partial charge is 0.379 e. The number of rotatable bonds is 4. The molecule has 0 spiro atoms. The second-order valence-corrected chi connectivity index (χ2v) is 10.1. The molecule has 7 nitrogen and oxygen atoms in total. The molecule has 3 aromatic rings. The number of ether oxygens (including phenoxy) is 1. The van der Waals surface area contributed by atoms with Crippen LogP contribution in [0.5, 0.6) is 0 Å². The summed E-state index contributed by atoms with van der Waals surface area (Å²) in [5.41, 5.74) is 1.38. The number of hydrogen-bond acceptors (Lipinski definition) is 5. The van der Waals surface area contributed by atoms with E-state index in [1.807, 2.05) is 55.8 Å². The molecule has 3 heterocycles. The molecule has 8 heteroatoms. The Kier molecular flexibility index (Phi) is 4.84. The summed E-state index contributed by atoms with van der Waals surface area (Å²) < 4.78 is 19.6.